The molecule has 0 aliphatic carbocycles. The first-order chi connectivity index (χ1) is 14.7. The van der Waals surface area contributed by atoms with Crippen LogP contribution in [0.3, 0.4) is 0 Å². The lowest BCUT2D eigenvalue weighted by atomic mass is 9.95. The van der Waals surface area contributed by atoms with Crippen molar-refractivity contribution in [2.45, 2.75) is 5.92 Å². The molecule has 1 amide bonds. The topological polar surface area (TPSA) is 69.5 Å². The average Bonchev–Trinajstić information content (AvgIpc) is 3.48. The van der Waals surface area contributed by atoms with Crippen LogP contribution in [0.2, 0.25) is 0 Å². The number of fused-ring (bicyclic) bond motifs is 6. The third-order valence-electron chi connectivity index (χ3n) is 6.04. The number of halogens is 1. The first kappa shape index (κ1) is 17.4. The molecule has 3 aromatic carbocycles. The Labute approximate surface area is 176 Å². The molecule has 0 saturated heterocycles. The summed E-state index contributed by atoms with van der Waals surface area (Å²) in [4.78, 5) is 18.5. The van der Waals surface area contributed by atoms with Crippen molar-refractivity contribution in [2.24, 2.45) is 0 Å². The van der Waals surface area contributed by atoms with Gasteiger partial charge in [0.05, 0.1) is 12.0 Å². The molecule has 30 heavy (non-hydrogen) atoms. The van der Waals surface area contributed by atoms with Crippen molar-refractivity contribution in [1.82, 2.24) is 4.98 Å². The van der Waals surface area contributed by atoms with E-state index in [2.05, 4.69) is 4.98 Å². The summed E-state index contributed by atoms with van der Waals surface area (Å²) in [6.07, 6.45) is 1.65. The van der Waals surface area contributed by atoms with Gasteiger partial charge in [-0.2, -0.15) is 0 Å². The summed E-state index contributed by atoms with van der Waals surface area (Å²) in [7, 11) is 0. The fraction of sp³-hybridized carbons (Fsp3) is 0.125. The summed E-state index contributed by atoms with van der Waals surface area (Å²) >= 11 is 6.29. The number of carbonyl (C=O) groups is 1. The number of nitrogens with zero attached hydrogens (tertiary/aromatic N) is 1. The van der Waals surface area contributed by atoms with Crippen LogP contribution in [0.25, 0.3) is 32.6 Å². The standard InChI is InChI=1S/C24H17ClN2O3/c25-11-13-12-27(20-10-21(28)14-3-1-2-4-16(14)23(13)20)24(29)19-9-17-15-7-8-30-22(15)6-5-18(17)26-19/h1-10,13,26,28H,11-12H2. The Bertz CT molecular complexity index is 1470. The van der Waals surface area contributed by atoms with E-state index >= 15 is 0 Å². The van der Waals surface area contributed by atoms with Crippen LogP contribution in [-0.2, 0) is 0 Å². The number of nitrogens with one attached hydrogen (secondary N) is 1. The van der Waals surface area contributed by atoms with Gasteiger partial charge in [-0.05, 0) is 35.2 Å². The summed E-state index contributed by atoms with van der Waals surface area (Å²) in [5.41, 5.74) is 3.88. The summed E-state index contributed by atoms with van der Waals surface area (Å²) in [6, 6.07) is 16.9. The Balaban J connectivity index is 1.51. The van der Waals surface area contributed by atoms with Crippen molar-refractivity contribution in [3.05, 3.63) is 72.1 Å². The SMILES string of the molecule is O=C(c1cc2c(ccc3occc32)[nH]1)N1CC(CCl)c2c1cc(O)c1ccccc21. The van der Waals surface area contributed by atoms with Gasteiger partial charge in [0.25, 0.3) is 5.91 Å². The molecule has 5 nitrogen and oxygen atoms in total. The number of phenolic OH excluding ortho intramolecular Hbond substituents is 1. The second-order valence-electron chi connectivity index (χ2n) is 7.68. The van der Waals surface area contributed by atoms with Gasteiger partial charge in [-0.3, -0.25) is 4.79 Å². The second-order valence-corrected chi connectivity index (χ2v) is 7.99. The number of carbonyl (C=O) groups excluding carboxylic acids is 1. The molecule has 6 heteroatoms. The molecular weight excluding hydrogens is 400 g/mol. The number of phenols is 1. The summed E-state index contributed by atoms with van der Waals surface area (Å²) in [5, 5.41) is 14.2. The molecule has 0 fully saturated rings. The summed E-state index contributed by atoms with van der Waals surface area (Å²) in [5.74, 6) is 0.412. The Hall–Kier alpha value is -3.44. The molecule has 0 saturated carbocycles. The van der Waals surface area contributed by atoms with Crippen molar-refractivity contribution < 1.29 is 14.3 Å². The smallest absolute Gasteiger partial charge is 0.274 e. The Kier molecular flexibility index (Phi) is 3.65. The summed E-state index contributed by atoms with van der Waals surface area (Å²) in [6.45, 7) is 0.474. The molecule has 3 heterocycles. The highest BCUT2D eigenvalue weighted by molar-refractivity contribution is 6.19. The minimum absolute atomic E-state index is 0.000996. The minimum atomic E-state index is -0.147. The molecular formula is C24H17ClN2O3. The van der Waals surface area contributed by atoms with E-state index in [9.17, 15) is 9.90 Å². The number of aromatic hydroxyl groups is 1. The van der Waals surface area contributed by atoms with E-state index in [1.165, 1.54) is 0 Å². The largest absolute Gasteiger partial charge is 0.507 e. The number of hydrogen-bond acceptors (Lipinski definition) is 3. The highest BCUT2D eigenvalue weighted by Gasteiger charge is 2.35. The van der Waals surface area contributed by atoms with E-state index in [0.29, 0.717) is 23.8 Å². The van der Waals surface area contributed by atoms with Gasteiger partial charge >= 0.3 is 0 Å². The Morgan fingerprint density at radius 2 is 1.93 bits per heavy atom. The molecule has 6 rings (SSSR count). The number of furan rings is 1. The zero-order valence-corrected chi connectivity index (χ0v) is 16.6. The molecule has 1 atom stereocenters. The number of benzene rings is 3. The van der Waals surface area contributed by atoms with E-state index in [1.807, 2.05) is 48.5 Å². The van der Waals surface area contributed by atoms with Crippen LogP contribution < -0.4 is 4.90 Å². The Morgan fingerprint density at radius 1 is 1.10 bits per heavy atom. The van der Waals surface area contributed by atoms with Crippen molar-refractivity contribution >= 4 is 55.8 Å². The van der Waals surface area contributed by atoms with Gasteiger partial charge in [-0.1, -0.05) is 24.3 Å². The van der Waals surface area contributed by atoms with Crippen molar-refractivity contribution in [1.29, 1.82) is 0 Å². The maximum atomic E-state index is 13.5. The molecule has 1 unspecified atom stereocenters. The molecule has 1 aliphatic heterocycles. The van der Waals surface area contributed by atoms with Gasteiger partial charge in [-0.25, -0.2) is 0 Å². The van der Waals surface area contributed by atoms with E-state index < -0.39 is 0 Å². The normalized spacial score (nSPS) is 16.0. The number of anilines is 1. The summed E-state index contributed by atoms with van der Waals surface area (Å²) < 4.78 is 5.47. The van der Waals surface area contributed by atoms with Crippen LogP contribution in [0.1, 0.15) is 22.0 Å². The van der Waals surface area contributed by atoms with E-state index in [0.717, 1.165) is 38.2 Å². The molecule has 5 aromatic rings. The van der Waals surface area contributed by atoms with E-state index in [-0.39, 0.29) is 17.6 Å². The fourth-order valence-electron chi connectivity index (χ4n) is 4.66. The van der Waals surface area contributed by atoms with E-state index in [1.54, 1.807) is 17.2 Å². The molecule has 2 N–H and O–H groups in total. The predicted molar refractivity (Wildman–Crippen MR) is 119 cm³/mol. The van der Waals surface area contributed by atoms with Gasteiger partial charge in [0.15, 0.2) is 0 Å². The maximum absolute atomic E-state index is 13.5. The monoisotopic (exact) mass is 416 g/mol. The van der Waals surface area contributed by atoms with Crippen LogP contribution in [0.5, 0.6) is 5.75 Å². The van der Waals surface area contributed by atoms with Crippen LogP contribution in [-0.4, -0.2) is 28.4 Å². The van der Waals surface area contributed by atoms with Gasteiger partial charge in [-0.15, -0.1) is 11.6 Å². The predicted octanol–water partition coefficient (Wildman–Crippen LogP) is 5.76. The fourth-order valence-corrected chi connectivity index (χ4v) is 4.91. The zero-order chi connectivity index (χ0) is 20.4. The van der Waals surface area contributed by atoms with Crippen LogP contribution in [0.4, 0.5) is 5.69 Å². The molecule has 0 radical (unpaired) electrons. The first-order valence-electron chi connectivity index (χ1n) is 9.77. The number of aromatic amines is 1. The Morgan fingerprint density at radius 3 is 2.77 bits per heavy atom. The molecule has 0 spiro atoms. The lowest BCUT2D eigenvalue weighted by Crippen LogP contribution is -2.30. The van der Waals surface area contributed by atoms with Gasteiger partial charge in [0.2, 0.25) is 0 Å². The highest BCUT2D eigenvalue weighted by Crippen LogP contribution is 2.45. The van der Waals surface area contributed by atoms with Crippen LogP contribution in [0, 0.1) is 0 Å². The molecule has 2 aromatic heterocycles. The van der Waals surface area contributed by atoms with Gasteiger partial charge in [0, 0.05) is 46.1 Å². The lowest BCUT2D eigenvalue weighted by molar-refractivity contribution is 0.0984. The number of H-pyrrole nitrogens is 1. The van der Waals surface area contributed by atoms with Gasteiger partial charge in [0.1, 0.15) is 17.0 Å². The number of amides is 1. The molecule has 1 aliphatic rings. The zero-order valence-electron chi connectivity index (χ0n) is 15.9. The first-order valence-corrected chi connectivity index (χ1v) is 10.3. The number of alkyl halides is 1. The van der Waals surface area contributed by atoms with Gasteiger partial charge < -0.3 is 19.4 Å². The van der Waals surface area contributed by atoms with Crippen LogP contribution in [0.15, 0.2) is 65.3 Å². The number of rotatable bonds is 2. The highest BCUT2D eigenvalue weighted by atomic mass is 35.5. The number of hydrogen-bond donors (Lipinski definition) is 2. The number of aromatic nitrogens is 1. The third-order valence-corrected chi connectivity index (χ3v) is 6.41. The quantitative estimate of drug-likeness (QED) is 0.360. The lowest BCUT2D eigenvalue weighted by Gasteiger charge is -2.17. The maximum Gasteiger partial charge on any atom is 0.274 e. The van der Waals surface area contributed by atoms with Crippen molar-refractivity contribution in [3.63, 3.8) is 0 Å². The average molecular weight is 417 g/mol. The van der Waals surface area contributed by atoms with E-state index in [4.69, 9.17) is 16.0 Å². The molecule has 0 bridgehead atoms. The third kappa shape index (κ3) is 2.33. The van der Waals surface area contributed by atoms with Crippen LogP contribution >= 0.6 is 11.6 Å². The van der Waals surface area contributed by atoms with Crippen molar-refractivity contribution in [2.75, 3.05) is 17.3 Å². The molecule has 148 valence electrons. The minimum Gasteiger partial charge on any atom is -0.507 e. The second kappa shape index (κ2) is 6.28. The van der Waals surface area contributed by atoms with Crippen molar-refractivity contribution in [3.8, 4) is 5.75 Å².